The van der Waals surface area contributed by atoms with Crippen LogP contribution in [0.2, 0.25) is 0 Å². The van der Waals surface area contributed by atoms with Gasteiger partial charge in [-0.25, -0.2) is 0 Å². The number of pyridine rings is 1. The molecule has 0 spiro atoms. The molecule has 188 valence electrons. The number of ether oxygens (including phenoxy) is 2. The van der Waals surface area contributed by atoms with E-state index in [1.807, 2.05) is 55.5 Å². The molecule has 2 aliphatic rings. The van der Waals surface area contributed by atoms with Gasteiger partial charge in [0.1, 0.15) is 17.6 Å². The lowest BCUT2D eigenvalue weighted by atomic mass is 10.1. The molecule has 1 unspecified atom stereocenters. The second-order valence-corrected chi connectivity index (χ2v) is 9.60. The maximum absolute atomic E-state index is 11.9. The van der Waals surface area contributed by atoms with Gasteiger partial charge in [0, 0.05) is 49.5 Å². The van der Waals surface area contributed by atoms with Crippen LogP contribution in [-0.4, -0.2) is 55.1 Å². The van der Waals surface area contributed by atoms with E-state index in [0.717, 1.165) is 55.2 Å². The highest BCUT2D eigenvalue weighted by atomic mass is 16.5. The largest absolute Gasteiger partial charge is 0.484 e. The lowest BCUT2D eigenvalue weighted by Crippen LogP contribution is -2.48. The van der Waals surface area contributed by atoms with Gasteiger partial charge in [0.2, 0.25) is 0 Å². The number of fused-ring (bicyclic) bond motifs is 2. The molecule has 7 nitrogen and oxygen atoms in total. The molecular weight excluding hydrogens is 464 g/mol. The summed E-state index contributed by atoms with van der Waals surface area (Å²) < 4.78 is 12.0. The molecule has 1 saturated heterocycles. The van der Waals surface area contributed by atoms with Gasteiger partial charge in [-0.3, -0.25) is 14.7 Å². The van der Waals surface area contributed by atoms with Crippen molar-refractivity contribution in [2.75, 3.05) is 49.5 Å². The third kappa shape index (κ3) is 5.08. The molecule has 37 heavy (non-hydrogen) atoms. The summed E-state index contributed by atoms with van der Waals surface area (Å²) in [6.45, 7) is 6.53. The molecule has 1 N–H and O–H groups in total. The second-order valence-electron chi connectivity index (χ2n) is 9.60. The predicted molar refractivity (Wildman–Crippen MR) is 146 cm³/mol. The highest BCUT2D eigenvalue weighted by Gasteiger charge is 2.25. The van der Waals surface area contributed by atoms with Gasteiger partial charge in [-0.1, -0.05) is 30.3 Å². The minimum absolute atomic E-state index is 0.0486. The normalized spacial score (nSPS) is 16.6. The summed E-state index contributed by atoms with van der Waals surface area (Å²) in [6.07, 6.45) is -0.192. The van der Waals surface area contributed by atoms with Gasteiger partial charge in [0.15, 0.2) is 6.61 Å². The number of piperazine rings is 1. The lowest BCUT2D eigenvalue weighted by molar-refractivity contribution is -0.118. The smallest absolute Gasteiger partial charge is 0.262 e. The van der Waals surface area contributed by atoms with E-state index >= 15 is 0 Å². The third-order valence-electron chi connectivity index (χ3n) is 7.01. The van der Waals surface area contributed by atoms with E-state index in [9.17, 15) is 4.79 Å². The van der Waals surface area contributed by atoms with Crippen molar-refractivity contribution in [3.63, 3.8) is 0 Å². The summed E-state index contributed by atoms with van der Waals surface area (Å²) in [5, 5.41) is 4.12. The first-order valence-corrected chi connectivity index (χ1v) is 12.7. The number of carbonyl (C=O) groups excluding carboxylic acids is 1. The maximum Gasteiger partial charge on any atom is 0.262 e. The van der Waals surface area contributed by atoms with Crippen molar-refractivity contribution in [3.05, 3.63) is 90.1 Å². The van der Waals surface area contributed by atoms with Gasteiger partial charge in [0.05, 0.1) is 11.2 Å². The van der Waals surface area contributed by atoms with Crippen molar-refractivity contribution in [3.8, 4) is 11.5 Å². The Bertz CT molecular complexity index is 1420. The Morgan fingerprint density at radius 2 is 1.81 bits per heavy atom. The monoisotopic (exact) mass is 494 g/mol. The van der Waals surface area contributed by atoms with Crippen molar-refractivity contribution in [1.82, 2.24) is 9.88 Å². The molecule has 0 radical (unpaired) electrons. The van der Waals surface area contributed by atoms with Gasteiger partial charge < -0.3 is 19.7 Å². The zero-order valence-corrected chi connectivity index (χ0v) is 20.9. The minimum atomic E-state index is -0.192. The highest BCUT2D eigenvalue weighted by molar-refractivity contribution is 5.95. The van der Waals surface area contributed by atoms with Crippen LogP contribution in [0.25, 0.3) is 10.9 Å². The predicted octanol–water partition coefficient (Wildman–Crippen LogP) is 4.82. The van der Waals surface area contributed by atoms with Crippen molar-refractivity contribution in [2.45, 2.75) is 13.0 Å². The quantitative estimate of drug-likeness (QED) is 0.415. The highest BCUT2D eigenvalue weighted by Crippen LogP contribution is 2.33. The number of hydrogen-bond acceptors (Lipinski definition) is 6. The number of para-hydroxylation sites is 1. The van der Waals surface area contributed by atoms with Crippen LogP contribution in [0.4, 0.5) is 11.4 Å². The number of hydrogen-bond donors (Lipinski definition) is 1. The number of anilines is 2. The second kappa shape index (κ2) is 10.1. The third-order valence-corrected chi connectivity index (χ3v) is 7.01. The van der Waals surface area contributed by atoms with Crippen LogP contribution < -0.4 is 19.7 Å². The van der Waals surface area contributed by atoms with Crippen LogP contribution in [0.5, 0.6) is 11.5 Å². The molecule has 4 aromatic rings. The van der Waals surface area contributed by atoms with Crippen LogP contribution in [0.3, 0.4) is 0 Å². The number of aromatic nitrogens is 1. The molecule has 3 heterocycles. The standard InChI is InChI=1S/C30H30N4O3/c1-21-10-12-24-25(31-21)8-5-9-27(24)34-16-14-33(15-17-34)19-29(37-23-6-3-2-4-7-23)22-11-13-28-26(18-22)32-30(35)20-36-28/h2-13,18,29H,14-17,19-20H2,1H3,(H,32,35). The van der Waals surface area contributed by atoms with Crippen LogP contribution >= 0.6 is 0 Å². The van der Waals surface area contributed by atoms with Crippen LogP contribution in [0.15, 0.2) is 78.9 Å². The van der Waals surface area contributed by atoms with Gasteiger partial charge in [-0.2, -0.15) is 0 Å². The molecular formula is C30H30N4O3. The van der Waals surface area contributed by atoms with E-state index in [0.29, 0.717) is 11.4 Å². The Kier molecular flexibility index (Phi) is 6.37. The van der Waals surface area contributed by atoms with Crippen molar-refractivity contribution in [2.24, 2.45) is 0 Å². The maximum atomic E-state index is 11.9. The minimum Gasteiger partial charge on any atom is -0.484 e. The summed E-state index contributed by atoms with van der Waals surface area (Å²) >= 11 is 0. The van der Waals surface area contributed by atoms with Crippen LogP contribution in [-0.2, 0) is 4.79 Å². The zero-order chi connectivity index (χ0) is 25.2. The Balaban J connectivity index is 1.20. The zero-order valence-electron chi connectivity index (χ0n) is 20.9. The number of nitrogens with one attached hydrogen (secondary N) is 1. The van der Waals surface area contributed by atoms with Gasteiger partial charge in [-0.15, -0.1) is 0 Å². The fourth-order valence-electron chi connectivity index (χ4n) is 5.10. The topological polar surface area (TPSA) is 66.9 Å². The molecule has 6 rings (SSSR count). The molecule has 0 bridgehead atoms. The Morgan fingerprint density at radius 1 is 0.973 bits per heavy atom. The first kappa shape index (κ1) is 23.3. The van der Waals surface area contributed by atoms with Crippen molar-refractivity contribution in [1.29, 1.82) is 0 Å². The van der Waals surface area contributed by atoms with E-state index in [1.165, 1.54) is 11.1 Å². The summed E-state index contributed by atoms with van der Waals surface area (Å²) in [6, 6.07) is 26.5. The van der Waals surface area contributed by atoms with E-state index in [1.54, 1.807) is 0 Å². The molecule has 1 atom stereocenters. The fraction of sp³-hybridized carbons (Fsp3) is 0.267. The van der Waals surface area contributed by atoms with E-state index < -0.39 is 0 Å². The van der Waals surface area contributed by atoms with E-state index in [4.69, 9.17) is 14.5 Å². The Labute approximate surface area is 216 Å². The summed E-state index contributed by atoms with van der Waals surface area (Å²) in [5.74, 6) is 1.37. The average molecular weight is 495 g/mol. The van der Waals surface area contributed by atoms with E-state index in [2.05, 4.69) is 45.4 Å². The summed E-state index contributed by atoms with van der Waals surface area (Å²) in [7, 11) is 0. The van der Waals surface area contributed by atoms with E-state index in [-0.39, 0.29) is 18.6 Å². The first-order valence-electron chi connectivity index (χ1n) is 12.7. The molecule has 3 aromatic carbocycles. The average Bonchev–Trinajstić information content (AvgIpc) is 2.93. The Morgan fingerprint density at radius 3 is 2.65 bits per heavy atom. The van der Waals surface area contributed by atoms with Crippen molar-refractivity contribution >= 4 is 28.2 Å². The molecule has 2 aliphatic heterocycles. The van der Waals surface area contributed by atoms with Gasteiger partial charge >= 0.3 is 0 Å². The number of carbonyl (C=O) groups is 1. The van der Waals surface area contributed by atoms with Crippen LogP contribution in [0.1, 0.15) is 17.4 Å². The lowest BCUT2D eigenvalue weighted by Gasteiger charge is -2.38. The number of rotatable bonds is 6. The molecule has 1 fully saturated rings. The molecule has 1 aromatic heterocycles. The molecule has 7 heteroatoms. The number of aryl methyl sites for hydroxylation is 1. The summed E-state index contributed by atoms with van der Waals surface area (Å²) in [5.41, 5.74) is 5.02. The number of benzene rings is 3. The first-order chi connectivity index (χ1) is 18.1. The molecule has 0 aliphatic carbocycles. The van der Waals surface area contributed by atoms with Gasteiger partial charge in [0.25, 0.3) is 5.91 Å². The number of nitrogens with zero attached hydrogens (tertiary/aromatic N) is 3. The molecule has 1 amide bonds. The number of amides is 1. The van der Waals surface area contributed by atoms with Crippen molar-refractivity contribution < 1.29 is 14.3 Å². The fourth-order valence-corrected chi connectivity index (χ4v) is 5.10. The Hall–Kier alpha value is -4.10. The summed E-state index contributed by atoms with van der Waals surface area (Å²) in [4.78, 5) is 21.5. The van der Waals surface area contributed by atoms with Gasteiger partial charge in [-0.05, 0) is 61.0 Å². The molecule has 0 saturated carbocycles. The SMILES string of the molecule is Cc1ccc2c(N3CCN(CC(Oc4ccccc4)c4ccc5c(c4)NC(=O)CO5)CC3)cccc2n1. The van der Waals surface area contributed by atoms with Crippen LogP contribution in [0, 0.1) is 6.92 Å².